The van der Waals surface area contributed by atoms with Gasteiger partial charge in [0.05, 0.1) is 0 Å². The lowest BCUT2D eigenvalue weighted by Gasteiger charge is -2.23. The summed E-state index contributed by atoms with van der Waals surface area (Å²) in [5, 5.41) is 2.87. The Labute approximate surface area is 113 Å². The number of anilines is 1. The molecule has 1 atom stereocenters. The first-order valence-corrected chi connectivity index (χ1v) is 6.20. The van der Waals surface area contributed by atoms with Crippen molar-refractivity contribution in [2.75, 3.05) is 19.4 Å². The van der Waals surface area contributed by atoms with E-state index < -0.39 is 6.04 Å². The highest BCUT2D eigenvalue weighted by Gasteiger charge is 2.20. The second kappa shape index (κ2) is 5.42. The minimum absolute atomic E-state index is 0.104. The standard InChI is InChI=1S/C13H22N4O2/c1-9(11(18)16(5)6)15-10-12(19)17(8-7-14-10)13(2,3)4/h7-9H,1-6H3,(H,14,15). The van der Waals surface area contributed by atoms with Crippen molar-refractivity contribution in [2.24, 2.45) is 0 Å². The number of aromatic nitrogens is 2. The Bertz CT molecular complexity index is 514. The van der Waals surface area contributed by atoms with Gasteiger partial charge in [-0.3, -0.25) is 9.59 Å². The first-order valence-electron chi connectivity index (χ1n) is 6.20. The number of likely N-dealkylation sites (N-methyl/N-ethyl adjacent to an activating group) is 1. The lowest BCUT2D eigenvalue weighted by Crippen LogP contribution is -2.40. The first-order chi connectivity index (χ1) is 8.64. The van der Waals surface area contributed by atoms with Crippen LogP contribution < -0.4 is 10.9 Å². The van der Waals surface area contributed by atoms with Gasteiger partial charge >= 0.3 is 0 Å². The van der Waals surface area contributed by atoms with E-state index >= 15 is 0 Å². The van der Waals surface area contributed by atoms with Crippen molar-refractivity contribution in [1.82, 2.24) is 14.5 Å². The average Bonchev–Trinajstić information content (AvgIpc) is 2.29. The van der Waals surface area contributed by atoms with E-state index in [0.29, 0.717) is 0 Å². The fraction of sp³-hybridized carbons (Fsp3) is 0.615. The fourth-order valence-electron chi connectivity index (χ4n) is 1.69. The number of rotatable bonds is 3. The van der Waals surface area contributed by atoms with Crippen molar-refractivity contribution < 1.29 is 4.79 Å². The minimum Gasteiger partial charge on any atom is -0.354 e. The number of carbonyl (C=O) groups is 1. The van der Waals surface area contributed by atoms with E-state index in [9.17, 15) is 9.59 Å². The van der Waals surface area contributed by atoms with Crippen molar-refractivity contribution in [2.45, 2.75) is 39.3 Å². The van der Waals surface area contributed by atoms with Crippen molar-refractivity contribution in [3.05, 3.63) is 22.7 Å². The molecule has 1 rings (SSSR count). The summed E-state index contributed by atoms with van der Waals surface area (Å²) in [6.07, 6.45) is 3.20. The van der Waals surface area contributed by atoms with E-state index in [2.05, 4.69) is 10.3 Å². The lowest BCUT2D eigenvalue weighted by atomic mass is 10.1. The normalized spacial score (nSPS) is 12.9. The maximum Gasteiger partial charge on any atom is 0.293 e. The van der Waals surface area contributed by atoms with Gasteiger partial charge in [0.25, 0.3) is 5.56 Å². The first kappa shape index (κ1) is 15.2. The van der Waals surface area contributed by atoms with Gasteiger partial charge in [-0.05, 0) is 27.7 Å². The topological polar surface area (TPSA) is 67.2 Å². The second-order valence-electron chi connectivity index (χ2n) is 5.72. The quantitative estimate of drug-likeness (QED) is 0.882. The van der Waals surface area contributed by atoms with E-state index in [1.165, 1.54) is 4.90 Å². The number of amides is 1. The number of nitrogens with zero attached hydrogens (tertiary/aromatic N) is 3. The highest BCUT2D eigenvalue weighted by molar-refractivity contribution is 5.83. The van der Waals surface area contributed by atoms with Crippen LogP contribution in [0.15, 0.2) is 17.2 Å². The molecule has 1 unspecified atom stereocenters. The van der Waals surface area contributed by atoms with E-state index in [1.807, 2.05) is 20.8 Å². The Hall–Kier alpha value is -1.85. The Balaban J connectivity index is 3.05. The summed E-state index contributed by atoms with van der Waals surface area (Å²) < 4.78 is 1.59. The second-order valence-corrected chi connectivity index (χ2v) is 5.72. The molecule has 0 aliphatic carbocycles. The monoisotopic (exact) mass is 266 g/mol. The third-order valence-electron chi connectivity index (χ3n) is 2.73. The highest BCUT2D eigenvalue weighted by Crippen LogP contribution is 2.11. The zero-order chi connectivity index (χ0) is 14.8. The van der Waals surface area contributed by atoms with Gasteiger partial charge in [-0.15, -0.1) is 0 Å². The van der Waals surface area contributed by atoms with Gasteiger partial charge in [0.2, 0.25) is 5.91 Å². The zero-order valence-corrected chi connectivity index (χ0v) is 12.4. The molecular weight excluding hydrogens is 244 g/mol. The summed E-state index contributed by atoms with van der Waals surface area (Å²) in [5.74, 6) is 0.0903. The molecule has 0 fully saturated rings. The summed E-state index contributed by atoms with van der Waals surface area (Å²) in [5.41, 5.74) is -0.556. The fourth-order valence-corrected chi connectivity index (χ4v) is 1.69. The van der Waals surface area contributed by atoms with E-state index in [-0.39, 0.29) is 22.8 Å². The van der Waals surface area contributed by atoms with Crippen LogP contribution in [0.2, 0.25) is 0 Å². The van der Waals surface area contributed by atoms with Crippen LogP contribution in [-0.2, 0) is 10.3 Å². The Morgan fingerprint density at radius 3 is 2.47 bits per heavy atom. The van der Waals surface area contributed by atoms with Crippen LogP contribution in [0.4, 0.5) is 5.82 Å². The molecule has 106 valence electrons. The van der Waals surface area contributed by atoms with Crippen LogP contribution in [0.5, 0.6) is 0 Å². The summed E-state index contributed by atoms with van der Waals surface area (Å²) in [6.45, 7) is 7.52. The predicted octanol–water partition coefficient (Wildman–Crippen LogP) is 0.887. The molecule has 0 aliphatic rings. The molecule has 1 amide bonds. The average molecular weight is 266 g/mol. The zero-order valence-electron chi connectivity index (χ0n) is 12.4. The van der Waals surface area contributed by atoms with Gasteiger partial charge in [-0.25, -0.2) is 4.98 Å². The number of carbonyl (C=O) groups excluding carboxylic acids is 1. The van der Waals surface area contributed by atoms with Crippen molar-refractivity contribution >= 4 is 11.7 Å². The van der Waals surface area contributed by atoms with Crippen LogP contribution >= 0.6 is 0 Å². The SMILES string of the molecule is CC(Nc1nccn(C(C)(C)C)c1=O)C(=O)N(C)C. The maximum atomic E-state index is 12.3. The molecule has 0 spiro atoms. The molecule has 0 radical (unpaired) electrons. The maximum absolute atomic E-state index is 12.3. The number of nitrogens with one attached hydrogen (secondary N) is 1. The molecule has 1 N–H and O–H groups in total. The Morgan fingerprint density at radius 2 is 2.00 bits per heavy atom. The van der Waals surface area contributed by atoms with Crippen LogP contribution in [0, 0.1) is 0 Å². The molecule has 1 aromatic rings. The Morgan fingerprint density at radius 1 is 1.42 bits per heavy atom. The summed E-state index contributed by atoms with van der Waals surface area (Å²) in [6, 6.07) is -0.494. The molecule has 0 saturated heterocycles. The minimum atomic E-state index is -0.494. The Kier molecular flexibility index (Phi) is 4.34. The van der Waals surface area contributed by atoms with Gasteiger partial charge in [-0.1, -0.05) is 0 Å². The van der Waals surface area contributed by atoms with Gasteiger partial charge in [0, 0.05) is 32.0 Å². The summed E-state index contributed by atoms with van der Waals surface area (Å²) >= 11 is 0. The largest absolute Gasteiger partial charge is 0.354 e. The number of hydrogen-bond acceptors (Lipinski definition) is 4. The molecule has 1 heterocycles. The molecule has 1 aromatic heterocycles. The van der Waals surface area contributed by atoms with Gasteiger partial charge < -0.3 is 14.8 Å². The van der Waals surface area contributed by atoms with Crippen LogP contribution in [-0.4, -0.2) is 40.5 Å². The van der Waals surface area contributed by atoms with Crippen molar-refractivity contribution in [3.8, 4) is 0 Å². The van der Waals surface area contributed by atoms with E-state index in [4.69, 9.17) is 0 Å². The third-order valence-corrected chi connectivity index (χ3v) is 2.73. The number of hydrogen-bond donors (Lipinski definition) is 1. The van der Waals surface area contributed by atoms with E-state index in [1.54, 1.807) is 38.0 Å². The van der Waals surface area contributed by atoms with Crippen LogP contribution in [0.25, 0.3) is 0 Å². The summed E-state index contributed by atoms with van der Waals surface area (Å²) in [7, 11) is 3.35. The van der Waals surface area contributed by atoms with Crippen LogP contribution in [0.3, 0.4) is 0 Å². The molecule has 0 aromatic carbocycles. The molecule has 0 bridgehead atoms. The van der Waals surface area contributed by atoms with Gasteiger partial charge in [-0.2, -0.15) is 0 Å². The van der Waals surface area contributed by atoms with Gasteiger partial charge in [0.1, 0.15) is 6.04 Å². The lowest BCUT2D eigenvalue weighted by molar-refractivity contribution is -0.129. The molecule has 0 aliphatic heterocycles. The smallest absolute Gasteiger partial charge is 0.293 e. The highest BCUT2D eigenvalue weighted by atomic mass is 16.2. The van der Waals surface area contributed by atoms with Crippen molar-refractivity contribution in [1.29, 1.82) is 0 Å². The summed E-state index contributed by atoms with van der Waals surface area (Å²) in [4.78, 5) is 29.5. The van der Waals surface area contributed by atoms with Crippen LogP contribution in [0.1, 0.15) is 27.7 Å². The molecule has 19 heavy (non-hydrogen) atoms. The molecule has 0 saturated carbocycles. The third kappa shape index (κ3) is 3.56. The molecule has 6 heteroatoms. The predicted molar refractivity (Wildman–Crippen MR) is 75.3 cm³/mol. The molecule has 6 nitrogen and oxygen atoms in total. The van der Waals surface area contributed by atoms with E-state index in [0.717, 1.165) is 0 Å². The van der Waals surface area contributed by atoms with Gasteiger partial charge in [0.15, 0.2) is 5.82 Å². The van der Waals surface area contributed by atoms with Crippen molar-refractivity contribution in [3.63, 3.8) is 0 Å². The molecular formula is C13H22N4O2.